The molecule has 9 heteroatoms. The lowest BCUT2D eigenvalue weighted by Gasteiger charge is -2.26. The van der Waals surface area contributed by atoms with E-state index in [0.717, 1.165) is 43.7 Å². The number of nitriles is 1. The van der Waals surface area contributed by atoms with E-state index in [1.807, 2.05) is 6.92 Å². The van der Waals surface area contributed by atoms with Crippen LogP contribution in [0.25, 0.3) is 6.08 Å². The third-order valence-corrected chi connectivity index (χ3v) is 7.48. The zero-order valence-electron chi connectivity index (χ0n) is 19.1. The molecule has 2 saturated heterocycles. The van der Waals surface area contributed by atoms with Gasteiger partial charge in [0.1, 0.15) is 27.6 Å². The molecular formula is C25H25FN4O2S2. The first-order valence-corrected chi connectivity index (χ1v) is 12.5. The second-order valence-corrected chi connectivity index (χ2v) is 10.1. The largest absolute Gasteiger partial charge is 0.357 e. The van der Waals surface area contributed by atoms with Crippen molar-refractivity contribution in [2.45, 2.75) is 46.2 Å². The van der Waals surface area contributed by atoms with E-state index < -0.39 is 0 Å². The van der Waals surface area contributed by atoms with Gasteiger partial charge in [0.15, 0.2) is 0 Å². The van der Waals surface area contributed by atoms with Crippen LogP contribution in [0.2, 0.25) is 0 Å². The predicted molar refractivity (Wildman–Crippen MR) is 137 cm³/mol. The quantitative estimate of drug-likeness (QED) is 0.431. The Morgan fingerprint density at radius 3 is 2.50 bits per heavy atom. The summed E-state index contributed by atoms with van der Waals surface area (Å²) in [6, 6.07) is 8.05. The summed E-state index contributed by atoms with van der Waals surface area (Å²) in [6.07, 6.45) is 4.57. The second-order valence-electron chi connectivity index (χ2n) is 8.39. The predicted octanol–water partition coefficient (Wildman–Crippen LogP) is 4.58. The number of benzene rings is 1. The van der Waals surface area contributed by atoms with Crippen molar-refractivity contribution in [1.29, 1.82) is 5.26 Å². The van der Waals surface area contributed by atoms with Crippen molar-refractivity contribution in [2.24, 2.45) is 0 Å². The number of thioether (sulfide) groups is 1. The summed E-state index contributed by atoms with van der Waals surface area (Å²) in [6.45, 7) is 6.14. The molecule has 0 unspecified atom stereocenters. The van der Waals surface area contributed by atoms with Gasteiger partial charge in [0.2, 0.25) is 0 Å². The fraction of sp³-hybridized carbons (Fsp3) is 0.360. The smallest absolute Gasteiger partial charge is 0.270 e. The third-order valence-electron chi connectivity index (χ3n) is 6.10. The van der Waals surface area contributed by atoms with Gasteiger partial charge in [0.25, 0.3) is 11.5 Å². The van der Waals surface area contributed by atoms with Crippen LogP contribution in [0.4, 0.5) is 10.2 Å². The van der Waals surface area contributed by atoms with E-state index in [2.05, 4.69) is 11.0 Å². The van der Waals surface area contributed by atoms with Crippen LogP contribution in [0.5, 0.6) is 0 Å². The molecule has 0 bridgehead atoms. The van der Waals surface area contributed by atoms with Crippen molar-refractivity contribution in [3.05, 3.63) is 67.6 Å². The number of anilines is 1. The van der Waals surface area contributed by atoms with Crippen LogP contribution in [-0.4, -0.2) is 32.8 Å². The highest BCUT2D eigenvalue weighted by molar-refractivity contribution is 8.26. The average Bonchev–Trinajstić information content (AvgIpc) is 3.43. The van der Waals surface area contributed by atoms with Crippen molar-refractivity contribution in [2.75, 3.05) is 18.0 Å². The van der Waals surface area contributed by atoms with Gasteiger partial charge < -0.3 is 4.90 Å². The molecule has 1 aromatic carbocycles. The maximum atomic E-state index is 13.3. The Kier molecular flexibility index (Phi) is 7.19. The van der Waals surface area contributed by atoms with Crippen molar-refractivity contribution >= 4 is 46.1 Å². The van der Waals surface area contributed by atoms with Crippen molar-refractivity contribution in [3.63, 3.8) is 0 Å². The molecule has 3 heterocycles. The first-order valence-electron chi connectivity index (χ1n) is 11.3. The summed E-state index contributed by atoms with van der Waals surface area (Å²) < 4.78 is 15.4. The minimum absolute atomic E-state index is 0.101. The molecule has 0 N–H and O–H groups in total. The molecule has 0 aliphatic carbocycles. The fourth-order valence-electron chi connectivity index (χ4n) is 4.38. The van der Waals surface area contributed by atoms with Crippen LogP contribution in [0, 0.1) is 24.1 Å². The number of halogens is 1. The molecule has 4 rings (SSSR count). The van der Waals surface area contributed by atoms with Gasteiger partial charge >= 0.3 is 0 Å². The minimum atomic E-state index is -0.338. The average molecular weight is 497 g/mol. The van der Waals surface area contributed by atoms with E-state index in [1.165, 1.54) is 28.8 Å². The zero-order chi connectivity index (χ0) is 24.4. The van der Waals surface area contributed by atoms with Gasteiger partial charge in [-0.05, 0) is 55.5 Å². The molecule has 6 nitrogen and oxygen atoms in total. The monoisotopic (exact) mass is 496 g/mol. The lowest BCUT2D eigenvalue weighted by molar-refractivity contribution is -0.122. The van der Waals surface area contributed by atoms with Gasteiger partial charge in [-0.3, -0.25) is 19.1 Å². The number of pyridine rings is 1. The molecule has 0 saturated carbocycles. The van der Waals surface area contributed by atoms with E-state index in [4.69, 9.17) is 12.2 Å². The molecule has 1 amide bonds. The number of carbonyl (C=O) groups is 1. The molecule has 0 atom stereocenters. The van der Waals surface area contributed by atoms with Gasteiger partial charge in [0.05, 0.1) is 11.4 Å². The summed E-state index contributed by atoms with van der Waals surface area (Å²) in [4.78, 5) is 30.6. The van der Waals surface area contributed by atoms with Crippen LogP contribution in [-0.2, 0) is 17.9 Å². The van der Waals surface area contributed by atoms with Gasteiger partial charge in [-0.15, -0.1) is 0 Å². The highest BCUT2D eigenvalue weighted by Crippen LogP contribution is 2.37. The maximum Gasteiger partial charge on any atom is 0.270 e. The third kappa shape index (κ3) is 4.52. The van der Waals surface area contributed by atoms with Crippen molar-refractivity contribution < 1.29 is 9.18 Å². The molecule has 1 aromatic heterocycles. The Morgan fingerprint density at radius 2 is 1.88 bits per heavy atom. The molecule has 0 spiro atoms. The van der Waals surface area contributed by atoms with Crippen LogP contribution in [0.1, 0.15) is 48.4 Å². The van der Waals surface area contributed by atoms with E-state index >= 15 is 0 Å². The number of carbonyl (C=O) groups excluding carboxylic acids is 1. The Balaban J connectivity index is 1.80. The standard InChI is InChI=1S/C25H25FN4O2S2/c1-3-10-29-22(28-11-4-5-12-28)19(16(2)20(14-27)23(29)31)13-21-24(32)30(25(33)34-21)15-17-6-8-18(26)9-7-17/h6-9,13H,3-5,10-12,15H2,1-2H3/b21-13+. The summed E-state index contributed by atoms with van der Waals surface area (Å²) in [5.41, 5.74) is 1.88. The lowest BCUT2D eigenvalue weighted by atomic mass is 10.0. The lowest BCUT2D eigenvalue weighted by Crippen LogP contribution is -2.33. The second kappa shape index (κ2) is 10.1. The first-order chi connectivity index (χ1) is 16.3. The maximum absolute atomic E-state index is 13.3. The number of hydrogen-bond donors (Lipinski definition) is 0. The molecular weight excluding hydrogens is 471 g/mol. The zero-order valence-corrected chi connectivity index (χ0v) is 20.8. The molecule has 2 aromatic rings. The Hall–Kier alpha value is -2.96. The van der Waals surface area contributed by atoms with Crippen molar-refractivity contribution in [1.82, 2.24) is 9.47 Å². The topological polar surface area (TPSA) is 69.3 Å². The highest BCUT2D eigenvalue weighted by atomic mass is 32.2. The summed E-state index contributed by atoms with van der Waals surface area (Å²) in [5.74, 6) is 0.192. The van der Waals surface area contributed by atoms with Gasteiger partial charge in [-0.25, -0.2) is 4.39 Å². The number of amides is 1. The molecule has 34 heavy (non-hydrogen) atoms. The number of rotatable bonds is 6. The number of aromatic nitrogens is 1. The van der Waals surface area contributed by atoms with Crippen LogP contribution < -0.4 is 10.5 Å². The summed E-state index contributed by atoms with van der Waals surface area (Å²) >= 11 is 6.68. The minimum Gasteiger partial charge on any atom is -0.357 e. The van der Waals surface area contributed by atoms with Gasteiger partial charge in [-0.1, -0.05) is 43.0 Å². The van der Waals surface area contributed by atoms with E-state index in [9.17, 15) is 19.2 Å². The van der Waals surface area contributed by atoms with Crippen molar-refractivity contribution in [3.8, 4) is 6.07 Å². The SMILES string of the molecule is CCCn1c(N2CCCC2)c(/C=C2/SC(=S)N(Cc3ccc(F)cc3)C2=O)c(C)c(C#N)c1=O. The van der Waals surface area contributed by atoms with Gasteiger partial charge in [-0.2, -0.15) is 5.26 Å². The van der Waals surface area contributed by atoms with Gasteiger partial charge in [0, 0.05) is 25.2 Å². The number of nitrogens with zero attached hydrogens (tertiary/aromatic N) is 4. The summed E-state index contributed by atoms with van der Waals surface area (Å²) in [5, 5.41) is 9.73. The van der Waals surface area contributed by atoms with Crippen LogP contribution >= 0.6 is 24.0 Å². The van der Waals surface area contributed by atoms with Crippen LogP contribution in [0.3, 0.4) is 0 Å². The number of thiocarbonyl (C=S) groups is 1. The van der Waals surface area contributed by atoms with E-state index in [1.54, 1.807) is 29.7 Å². The molecule has 2 aliphatic heterocycles. The molecule has 2 fully saturated rings. The first kappa shape index (κ1) is 24.2. The molecule has 176 valence electrons. The Bertz CT molecular complexity index is 1270. The highest BCUT2D eigenvalue weighted by Gasteiger charge is 2.33. The van der Waals surface area contributed by atoms with E-state index in [-0.39, 0.29) is 29.4 Å². The fourth-order valence-corrected chi connectivity index (χ4v) is 5.62. The van der Waals surface area contributed by atoms with E-state index in [0.29, 0.717) is 26.9 Å². The number of hydrogen-bond acceptors (Lipinski definition) is 6. The Labute approximate surface area is 207 Å². The summed E-state index contributed by atoms with van der Waals surface area (Å²) in [7, 11) is 0. The normalized spacial score (nSPS) is 17.2. The molecule has 2 aliphatic rings. The Morgan fingerprint density at radius 1 is 1.21 bits per heavy atom. The van der Waals surface area contributed by atoms with Crippen LogP contribution in [0.15, 0.2) is 34.0 Å². The molecule has 0 radical (unpaired) electrons.